The zero-order valence-corrected chi connectivity index (χ0v) is 22.4. The van der Waals surface area contributed by atoms with Crippen molar-refractivity contribution in [2.45, 2.75) is 25.7 Å². The van der Waals surface area contributed by atoms with Gasteiger partial charge in [-0.3, -0.25) is 14.8 Å². The van der Waals surface area contributed by atoms with Crippen LogP contribution in [0.15, 0.2) is 41.3 Å². The molecule has 0 atom stereocenters. The first kappa shape index (κ1) is 27.0. The number of aryl methyl sites for hydroxylation is 1. The van der Waals surface area contributed by atoms with E-state index in [0.717, 1.165) is 35.7 Å². The number of benzene rings is 2. The third-order valence-electron chi connectivity index (χ3n) is 7.04. The highest BCUT2D eigenvalue weighted by Gasteiger charge is 2.44. The third-order valence-corrected chi connectivity index (χ3v) is 7.04. The number of aromatic nitrogens is 3. The van der Waals surface area contributed by atoms with Crippen LogP contribution < -0.4 is 15.0 Å². The molecule has 39 heavy (non-hydrogen) atoms. The minimum Gasteiger partial charge on any atom is -0.468 e. The van der Waals surface area contributed by atoms with Gasteiger partial charge in [-0.05, 0) is 68.2 Å². The van der Waals surface area contributed by atoms with Gasteiger partial charge in [0.1, 0.15) is 17.0 Å². The number of rotatable bonds is 12. The van der Waals surface area contributed by atoms with E-state index in [1.54, 1.807) is 6.07 Å². The molecule has 0 spiro atoms. The van der Waals surface area contributed by atoms with Gasteiger partial charge in [-0.15, -0.1) is 0 Å². The fourth-order valence-corrected chi connectivity index (χ4v) is 5.07. The predicted molar refractivity (Wildman–Crippen MR) is 147 cm³/mol. The van der Waals surface area contributed by atoms with E-state index in [-0.39, 0.29) is 41.4 Å². The summed E-state index contributed by atoms with van der Waals surface area (Å²) < 4.78 is 32.9. The quantitative estimate of drug-likeness (QED) is 0.262. The normalized spacial score (nSPS) is 14.3. The Labute approximate surface area is 225 Å². The largest absolute Gasteiger partial charge is 0.468 e. The molecule has 0 bridgehead atoms. The monoisotopic (exact) mass is 536 g/mol. The highest BCUT2D eigenvalue weighted by Crippen LogP contribution is 2.46. The summed E-state index contributed by atoms with van der Waals surface area (Å²) >= 11 is 0. The number of pyridine rings is 1. The Morgan fingerprint density at radius 2 is 2.03 bits per heavy atom. The Morgan fingerprint density at radius 1 is 1.21 bits per heavy atom. The first-order valence-electron chi connectivity index (χ1n) is 13.0. The smallest absolute Gasteiger partial charge is 0.297 e. The SMILES string of the molecule is COCOc1cc(-c2ncc3c(=O)[nH]c(OCC4(CN(C)C)CC4)nc3c2F)c2c(CCCO)cccc2c1. The number of aliphatic hydroxyl groups is 1. The maximum atomic E-state index is 16.2. The molecular weight excluding hydrogens is 503 g/mol. The summed E-state index contributed by atoms with van der Waals surface area (Å²) in [6.45, 7) is 1.31. The summed E-state index contributed by atoms with van der Waals surface area (Å²) in [4.78, 5) is 26.3. The van der Waals surface area contributed by atoms with Crippen LogP contribution in [0, 0.1) is 11.2 Å². The van der Waals surface area contributed by atoms with E-state index in [1.807, 2.05) is 38.4 Å². The molecule has 0 saturated heterocycles. The predicted octanol–water partition coefficient (Wildman–Crippen LogP) is 3.91. The van der Waals surface area contributed by atoms with E-state index >= 15 is 4.39 Å². The molecule has 0 unspecified atom stereocenters. The van der Waals surface area contributed by atoms with Crippen LogP contribution in [-0.2, 0) is 11.2 Å². The molecule has 2 heterocycles. The number of aliphatic hydroxyl groups excluding tert-OH is 1. The molecule has 2 aromatic heterocycles. The van der Waals surface area contributed by atoms with Gasteiger partial charge in [-0.25, -0.2) is 4.39 Å². The molecule has 0 radical (unpaired) electrons. The average molecular weight is 537 g/mol. The van der Waals surface area contributed by atoms with E-state index in [1.165, 1.54) is 13.3 Å². The van der Waals surface area contributed by atoms with E-state index in [9.17, 15) is 9.90 Å². The number of nitrogens with one attached hydrogen (secondary N) is 1. The van der Waals surface area contributed by atoms with Crippen LogP contribution in [0.5, 0.6) is 11.8 Å². The van der Waals surface area contributed by atoms with Crippen molar-refractivity contribution in [2.24, 2.45) is 5.41 Å². The Bertz CT molecular complexity index is 1550. The van der Waals surface area contributed by atoms with Crippen LogP contribution in [-0.4, -0.2) is 72.7 Å². The van der Waals surface area contributed by atoms with Gasteiger partial charge in [0.2, 0.25) is 0 Å². The fraction of sp³-hybridized carbons (Fsp3) is 0.414. The Hall–Kier alpha value is -3.60. The summed E-state index contributed by atoms with van der Waals surface area (Å²) in [6.07, 6.45) is 4.54. The Morgan fingerprint density at radius 3 is 2.74 bits per heavy atom. The van der Waals surface area contributed by atoms with Crippen molar-refractivity contribution >= 4 is 21.7 Å². The number of H-pyrrole nitrogens is 1. The van der Waals surface area contributed by atoms with Crippen molar-refractivity contribution in [3.05, 3.63) is 58.3 Å². The molecule has 2 N–H and O–H groups in total. The van der Waals surface area contributed by atoms with Crippen molar-refractivity contribution in [1.29, 1.82) is 0 Å². The number of ether oxygens (including phenoxy) is 3. The minimum atomic E-state index is -0.722. The zero-order chi connectivity index (χ0) is 27.6. The van der Waals surface area contributed by atoms with Crippen LogP contribution in [0.1, 0.15) is 24.8 Å². The minimum absolute atomic E-state index is 0.0146. The maximum Gasteiger partial charge on any atom is 0.297 e. The Balaban J connectivity index is 1.61. The van der Waals surface area contributed by atoms with Gasteiger partial charge in [0, 0.05) is 37.4 Å². The number of methoxy groups -OCH3 is 1. The molecule has 1 saturated carbocycles. The molecule has 2 aromatic carbocycles. The van der Waals surface area contributed by atoms with Gasteiger partial charge in [0.25, 0.3) is 11.6 Å². The molecule has 5 rings (SSSR count). The van der Waals surface area contributed by atoms with E-state index < -0.39 is 11.4 Å². The number of hydrogen-bond acceptors (Lipinski definition) is 8. The molecule has 1 fully saturated rings. The lowest BCUT2D eigenvalue weighted by atomic mass is 9.94. The second-order valence-corrected chi connectivity index (χ2v) is 10.4. The summed E-state index contributed by atoms with van der Waals surface area (Å²) in [6, 6.07) is 9.33. The van der Waals surface area contributed by atoms with Crippen LogP contribution in [0.4, 0.5) is 4.39 Å². The van der Waals surface area contributed by atoms with Gasteiger partial charge < -0.3 is 24.2 Å². The van der Waals surface area contributed by atoms with Crippen molar-refractivity contribution in [3.63, 3.8) is 0 Å². The van der Waals surface area contributed by atoms with Gasteiger partial charge in [-0.1, -0.05) is 18.2 Å². The maximum absolute atomic E-state index is 16.2. The van der Waals surface area contributed by atoms with Crippen molar-refractivity contribution in [1.82, 2.24) is 19.9 Å². The van der Waals surface area contributed by atoms with Gasteiger partial charge in [0.05, 0.1) is 12.0 Å². The van der Waals surface area contributed by atoms with Crippen molar-refractivity contribution < 1.29 is 23.7 Å². The first-order valence-corrected chi connectivity index (χ1v) is 13.0. The number of fused-ring (bicyclic) bond motifs is 2. The molecule has 0 aliphatic heterocycles. The molecule has 1 aliphatic rings. The number of halogens is 1. The Kier molecular flexibility index (Phi) is 7.79. The fourth-order valence-electron chi connectivity index (χ4n) is 5.07. The van der Waals surface area contributed by atoms with E-state index in [0.29, 0.717) is 30.8 Å². The number of aromatic amines is 1. The molecular formula is C29H33FN4O5. The standard InChI is InChI=1S/C29H33FN4O5/c1-34(2)15-29(9-10-29)16-38-28-32-26-22(27(36)33-28)14-31-25(24(26)30)21-13-20(39-17-37-3)12-19-7-4-6-18(23(19)21)8-5-11-35/h4,6-7,12-14,35H,5,8-11,15-17H2,1-3H3,(H,32,33,36). The highest BCUT2D eigenvalue weighted by atomic mass is 19.1. The lowest BCUT2D eigenvalue weighted by Gasteiger charge is -2.20. The van der Waals surface area contributed by atoms with Crippen LogP contribution in [0.3, 0.4) is 0 Å². The second-order valence-electron chi connectivity index (χ2n) is 10.4. The van der Waals surface area contributed by atoms with Crippen LogP contribution >= 0.6 is 0 Å². The molecule has 4 aromatic rings. The molecule has 9 nitrogen and oxygen atoms in total. The topological polar surface area (TPSA) is 110 Å². The first-order chi connectivity index (χ1) is 18.8. The zero-order valence-electron chi connectivity index (χ0n) is 22.4. The summed E-state index contributed by atoms with van der Waals surface area (Å²) in [5, 5.41) is 11.1. The lowest BCUT2D eigenvalue weighted by molar-refractivity contribution is 0.0512. The number of nitrogens with zero attached hydrogens (tertiary/aromatic N) is 3. The lowest BCUT2D eigenvalue weighted by Crippen LogP contribution is -2.28. The van der Waals surface area contributed by atoms with Crippen molar-refractivity contribution in [3.8, 4) is 23.0 Å². The van der Waals surface area contributed by atoms with E-state index in [4.69, 9.17) is 14.2 Å². The van der Waals surface area contributed by atoms with Gasteiger partial charge in [-0.2, -0.15) is 4.98 Å². The third kappa shape index (κ3) is 5.73. The van der Waals surface area contributed by atoms with Crippen molar-refractivity contribution in [2.75, 3.05) is 47.8 Å². The molecule has 0 amide bonds. The van der Waals surface area contributed by atoms with Crippen LogP contribution in [0.2, 0.25) is 0 Å². The molecule has 10 heteroatoms. The summed E-state index contributed by atoms with van der Waals surface area (Å²) in [5.41, 5.74) is 0.873. The second kappa shape index (κ2) is 11.3. The van der Waals surface area contributed by atoms with Gasteiger partial charge >= 0.3 is 0 Å². The summed E-state index contributed by atoms with van der Waals surface area (Å²) in [5.74, 6) is -0.238. The molecule has 206 valence electrons. The average Bonchev–Trinajstić information content (AvgIpc) is 3.68. The van der Waals surface area contributed by atoms with E-state index in [2.05, 4.69) is 19.9 Å². The van der Waals surface area contributed by atoms with Crippen LogP contribution in [0.25, 0.3) is 32.9 Å². The van der Waals surface area contributed by atoms with Gasteiger partial charge in [0.15, 0.2) is 12.6 Å². The number of hydrogen-bond donors (Lipinski definition) is 2. The highest BCUT2D eigenvalue weighted by molar-refractivity contribution is 6.00. The summed E-state index contributed by atoms with van der Waals surface area (Å²) in [7, 11) is 5.54. The molecule has 1 aliphatic carbocycles.